The molecule has 1 N–H and O–H groups in total. The third-order valence-corrected chi connectivity index (χ3v) is 3.94. The molecule has 0 radical (unpaired) electrons. The third-order valence-electron chi connectivity index (χ3n) is 3.07. The Morgan fingerprint density at radius 3 is 2.57 bits per heavy atom. The Labute approximate surface area is 127 Å². The van der Waals surface area contributed by atoms with Crippen LogP contribution in [0.5, 0.6) is 0 Å². The summed E-state index contributed by atoms with van der Waals surface area (Å²) in [5, 5.41) is 5.39. The second kappa shape index (κ2) is 5.93. The molecule has 0 bridgehead atoms. The van der Waals surface area contributed by atoms with E-state index in [1.54, 1.807) is 0 Å². The van der Waals surface area contributed by atoms with E-state index >= 15 is 0 Å². The van der Waals surface area contributed by atoms with E-state index in [0.717, 1.165) is 16.9 Å². The molecule has 3 rings (SSSR count). The van der Waals surface area contributed by atoms with Crippen molar-refractivity contribution in [1.82, 2.24) is 9.55 Å². The molecule has 5 heteroatoms. The van der Waals surface area contributed by atoms with Crippen LogP contribution < -0.4 is 5.32 Å². The zero-order chi connectivity index (χ0) is 14.7. The summed E-state index contributed by atoms with van der Waals surface area (Å²) < 4.78 is 2.03. The Balaban J connectivity index is 1.63. The first-order chi connectivity index (χ1) is 10.2. The van der Waals surface area contributed by atoms with Crippen LogP contribution in [0.4, 0.5) is 5.13 Å². The molecule has 0 unspecified atom stereocenters. The lowest BCUT2D eigenvalue weighted by atomic mass is 10.1. The first kappa shape index (κ1) is 13.6. The molecule has 0 aliphatic carbocycles. The number of hydrogen-bond donors (Lipinski definition) is 1. The van der Waals surface area contributed by atoms with Gasteiger partial charge in [0.25, 0.3) is 0 Å². The maximum Gasteiger partial charge on any atom is 0.230 e. The molecular weight excluding hydrogens is 282 g/mol. The predicted octanol–water partition coefficient (Wildman–Crippen LogP) is 3.42. The number of carbonyl (C=O) groups excluding carboxylic acids is 1. The smallest absolute Gasteiger partial charge is 0.230 e. The zero-order valence-corrected chi connectivity index (χ0v) is 12.4. The van der Waals surface area contributed by atoms with Crippen molar-refractivity contribution >= 4 is 22.4 Å². The van der Waals surface area contributed by atoms with E-state index in [0.29, 0.717) is 11.6 Å². The van der Waals surface area contributed by atoms with Gasteiger partial charge in [0.05, 0.1) is 12.1 Å². The number of carbonyl (C=O) groups is 1. The van der Waals surface area contributed by atoms with Crippen LogP contribution in [-0.2, 0) is 11.2 Å². The molecule has 2 aromatic heterocycles. The fraction of sp³-hybridized carbons (Fsp3) is 0.125. The summed E-state index contributed by atoms with van der Waals surface area (Å²) in [5.74, 6) is -0.0435. The zero-order valence-electron chi connectivity index (χ0n) is 11.6. The molecule has 0 aliphatic heterocycles. The largest absolute Gasteiger partial charge is 0.324 e. The number of aromatic nitrogens is 2. The Kier molecular flexibility index (Phi) is 3.83. The van der Waals surface area contributed by atoms with E-state index in [2.05, 4.69) is 10.3 Å². The van der Waals surface area contributed by atoms with E-state index in [1.807, 2.05) is 65.7 Å². The number of aryl methyl sites for hydroxylation is 1. The van der Waals surface area contributed by atoms with Gasteiger partial charge >= 0.3 is 0 Å². The van der Waals surface area contributed by atoms with Crippen molar-refractivity contribution in [2.24, 2.45) is 0 Å². The van der Waals surface area contributed by atoms with Gasteiger partial charge in [0.15, 0.2) is 5.13 Å². The van der Waals surface area contributed by atoms with Crippen molar-refractivity contribution in [3.63, 3.8) is 0 Å². The summed E-state index contributed by atoms with van der Waals surface area (Å²) in [6.07, 6.45) is 4.34. The van der Waals surface area contributed by atoms with Crippen LogP contribution >= 0.6 is 11.3 Å². The second-order valence-corrected chi connectivity index (χ2v) is 5.63. The summed E-state index contributed by atoms with van der Waals surface area (Å²) in [7, 11) is 0. The Morgan fingerprint density at radius 1 is 1.24 bits per heavy atom. The van der Waals surface area contributed by atoms with Crippen molar-refractivity contribution in [2.45, 2.75) is 13.3 Å². The van der Waals surface area contributed by atoms with Crippen LogP contribution in [0, 0.1) is 6.92 Å². The lowest BCUT2D eigenvalue weighted by molar-refractivity contribution is -0.115. The van der Waals surface area contributed by atoms with Crippen LogP contribution in [0.2, 0.25) is 0 Å². The van der Waals surface area contributed by atoms with Crippen molar-refractivity contribution in [3.8, 4) is 5.69 Å². The quantitative estimate of drug-likeness (QED) is 0.802. The molecule has 0 aliphatic rings. The van der Waals surface area contributed by atoms with Gasteiger partial charge < -0.3 is 9.88 Å². The van der Waals surface area contributed by atoms with Crippen molar-refractivity contribution < 1.29 is 4.79 Å². The molecule has 1 amide bonds. The molecule has 21 heavy (non-hydrogen) atoms. The molecule has 1 aromatic carbocycles. The van der Waals surface area contributed by atoms with E-state index in [-0.39, 0.29) is 5.91 Å². The summed E-state index contributed by atoms with van der Waals surface area (Å²) in [6.45, 7) is 1.91. The fourth-order valence-corrected chi connectivity index (χ4v) is 2.76. The monoisotopic (exact) mass is 297 g/mol. The van der Waals surface area contributed by atoms with E-state index in [9.17, 15) is 4.79 Å². The molecule has 0 fully saturated rings. The Morgan fingerprint density at radius 2 is 1.95 bits per heavy atom. The number of amides is 1. The molecule has 0 spiro atoms. The minimum atomic E-state index is -0.0435. The van der Waals surface area contributed by atoms with E-state index in [4.69, 9.17) is 0 Å². The molecule has 2 heterocycles. The maximum atomic E-state index is 12.0. The molecular formula is C16H15N3OS. The van der Waals surface area contributed by atoms with Gasteiger partial charge in [0.2, 0.25) is 5.91 Å². The first-order valence-corrected chi connectivity index (χ1v) is 7.53. The van der Waals surface area contributed by atoms with Gasteiger partial charge in [-0.2, -0.15) is 0 Å². The average molecular weight is 297 g/mol. The fourth-order valence-electron chi connectivity index (χ4n) is 2.05. The van der Waals surface area contributed by atoms with Gasteiger partial charge in [-0.05, 0) is 36.8 Å². The number of rotatable bonds is 4. The van der Waals surface area contributed by atoms with E-state index in [1.165, 1.54) is 11.3 Å². The van der Waals surface area contributed by atoms with Crippen LogP contribution in [-0.4, -0.2) is 15.5 Å². The number of nitrogens with one attached hydrogen (secondary N) is 1. The van der Waals surface area contributed by atoms with Crippen LogP contribution in [0.15, 0.2) is 54.2 Å². The van der Waals surface area contributed by atoms with Crippen LogP contribution in [0.3, 0.4) is 0 Å². The molecule has 3 aromatic rings. The van der Waals surface area contributed by atoms with Crippen molar-refractivity contribution in [2.75, 3.05) is 5.32 Å². The minimum Gasteiger partial charge on any atom is -0.324 e. The van der Waals surface area contributed by atoms with Crippen LogP contribution in [0.25, 0.3) is 5.69 Å². The highest BCUT2D eigenvalue weighted by atomic mass is 32.1. The highest BCUT2D eigenvalue weighted by Crippen LogP contribution is 2.15. The van der Waals surface area contributed by atoms with Gasteiger partial charge in [0, 0.05) is 23.5 Å². The predicted molar refractivity (Wildman–Crippen MR) is 85.0 cm³/mol. The Bertz CT molecular complexity index is 729. The summed E-state index contributed by atoms with van der Waals surface area (Å²) in [5.41, 5.74) is 2.99. The molecule has 0 saturated carbocycles. The summed E-state index contributed by atoms with van der Waals surface area (Å²) in [4.78, 5) is 16.2. The van der Waals surface area contributed by atoms with Crippen LogP contribution in [0.1, 0.15) is 11.3 Å². The third kappa shape index (κ3) is 3.38. The molecule has 4 nitrogen and oxygen atoms in total. The SMILES string of the molecule is Cc1csc(NC(=O)Cc2ccc(-n3cccc3)cc2)n1. The normalized spacial score (nSPS) is 10.5. The van der Waals surface area contributed by atoms with Gasteiger partial charge in [0.1, 0.15) is 0 Å². The minimum absolute atomic E-state index is 0.0435. The topological polar surface area (TPSA) is 46.9 Å². The molecule has 106 valence electrons. The Hall–Kier alpha value is -2.40. The maximum absolute atomic E-state index is 12.0. The number of hydrogen-bond acceptors (Lipinski definition) is 3. The number of anilines is 1. The summed E-state index contributed by atoms with van der Waals surface area (Å²) in [6, 6.07) is 11.9. The van der Waals surface area contributed by atoms with Crippen molar-refractivity contribution in [3.05, 3.63) is 65.4 Å². The highest BCUT2D eigenvalue weighted by Gasteiger charge is 2.06. The number of nitrogens with zero attached hydrogens (tertiary/aromatic N) is 2. The van der Waals surface area contributed by atoms with Crippen molar-refractivity contribution in [1.29, 1.82) is 0 Å². The second-order valence-electron chi connectivity index (χ2n) is 4.78. The highest BCUT2D eigenvalue weighted by molar-refractivity contribution is 7.13. The average Bonchev–Trinajstić information content (AvgIpc) is 3.11. The first-order valence-electron chi connectivity index (χ1n) is 6.65. The lowest BCUT2D eigenvalue weighted by Crippen LogP contribution is -2.14. The van der Waals surface area contributed by atoms with Gasteiger partial charge in [-0.15, -0.1) is 11.3 Å². The number of benzene rings is 1. The molecule has 0 atom stereocenters. The standard InChI is InChI=1S/C16H15N3OS/c1-12-11-21-16(17-12)18-15(20)10-13-4-6-14(7-5-13)19-8-2-3-9-19/h2-9,11H,10H2,1H3,(H,17,18,20). The van der Waals surface area contributed by atoms with Gasteiger partial charge in [-0.25, -0.2) is 4.98 Å². The summed E-state index contributed by atoms with van der Waals surface area (Å²) >= 11 is 1.44. The molecule has 0 saturated heterocycles. The lowest BCUT2D eigenvalue weighted by Gasteiger charge is -2.05. The van der Waals surface area contributed by atoms with E-state index < -0.39 is 0 Å². The van der Waals surface area contributed by atoms with Gasteiger partial charge in [-0.1, -0.05) is 12.1 Å². The van der Waals surface area contributed by atoms with Gasteiger partial charge in [-0.3, -0.25) is 4.79 Å². The number of thiazole rings is 1.